The summed E-state index contributed by atoms with van der Waals surface area (Å²) in [6, 6.07) is 8.18. The second-order valence-corrected chi connectivity index (χ2v) is 8.85. The lowest BCUT2D eigenvalue weighted by atomic mass is 9.92. The number of hydrogen-bond acceptors (Lipinski definition) is 3. The molecule has 3 fully saturated rings. The molecule has 1 aromatic carbocycles. The Hall–Kier alpha value is -1.59. The number of hydrogen-bond donors (Lipinski definition) is 1. The van der Waals surface area contributed by atoms with Crippen LogP contribution < -0.4 is 10.2 Å². The van der Waals surface area contributed by atoms with Crippen LogP contribution in [0.4, 0.5) is 5.69 Å². The number of para-hydroxylation sites is 1. The molecule has 3 aliphatic heterocycles. The molecule has 0 bridgehead atoms. The molecule has 3 saturated heterocycles. The molecule has 3 aliphatic rings. The first-order valence-corrected chi connectivity index (χ1v) is 11.0. The van der Waals surface area contributed by atoms with Gasteiger partial charge in [-0.3, -0.25) is 9.59 Å². The van der Waals surface area contributed by atoms with Gasteiger partial charge in [0, 0.05) is 31.7 Å². The molecular formula is C23H34ClN3O2. The molecule has 0 spiro atoms. The summed E-state index contributed by atoms with van der Waals surface area (Å²) in [5.41, 5.74) is 2.20. The number of carbonyl (C=O) groups excluding carboxylic acids is 2. The maximum absolute atomic E-state index is 13.2. The van der Waals surface area contributed by atoms with Gasteiger partial charge in [-0.25, -0.2) is 0 Å². The lowest BCUT2D eigenvalue weighted by Crippen LogP contribution is -2.38. The maximum Gasteiger partial charge on any atom is 0.228 e. The second-order valence-electron chi connectivity index (χ2n) is 8.85. The van der Waals surface area contributed by atoms with Crippen molar-refractivity contribution in [1.82, 2.24) is 10.2 Å². The number of anilines is 1. The minimum atomic E-state index is -0.200. The fourth-order valence-electron chi connectivity index (χ4n) is 5.17. The number of benzene rings is 1. The van der Waals surface area contributed by atoms with Crippen molar-refractivity contribution in [2.24, 2.45) is 17.8 Å². The minimum Gasteiger partial charge on any atom is -0.342 e. The van der Waals surface area contributed by atoms with Gasteiger partial charge in [0.25, 0.3) is 0 Å². The normalized spacial score (nSPS) is 27.9. The number of amides is 2. The van der Waals surface area contributed by atoms with Gasteiger partial charge in [0.2, 0.25) is 11.8 Å². The molecule has 6 heteroatoms. The summed E-state index contributed by atoms with van der Waals surface area (Å²) >= 11 is 0. The Kier molecular flexibility index (Phi) is 7.23. The van der Waals surface area contributed by atoms with E-state index >= 15 is 0 Å². The average Bonchev–Trinajstić information content (AvgIpc) is 3.28. The number of halogens is 1. The number of carbonyl (C=O) groups is 2. The van der Waals surface area contributed by atoms with E-state index in [4.69, 9.17) is 0 Å². The molecule has 1 aromatic rings. The average molecular weight is 420 g/mol. The highest BCUT2D eigenvalue weighted by Gasteiger charge is 2.39. The van der Waals surface area contributed by atoms with Gasteiger partial charge < -0.3 is 15.1 Å². The molecule has 0 aromatic heterocycles. The second kappa shape index (κ2) is 9.48. The van der Waals surface area contributed by atoms with Gasteiger partial charge in [-0.1, -0.05) is 32.0 Å². The first-order valence-electron chi connectivity index (χ1n) is 11.0. The smallest absolute Gasteiger partial charge is 0.228 e. The van der Waals surface area contributed by atoms with E-state index in [1.807, 2.05) is 28.0 Å². The van der Waals surface area contributed by atoms with Crippen molar-refractivity contribution in [3.05, 3.63) is 29.8 Å². The van der Waals surface area contributed by atoms with Gasteiger partial charge >= 0.3 is 0 Å². The predicted octanol–water partition coefficient (Wildman–Crippen LogP) is 3.43. The summed E-state index contributed by atoms with van der Waals surface area (Å²) in [4.78, 5) is 29.9. The fraction of sp³-hybridized carbons (Fsp3) is 0.652. The monoisotopic (exact) mass is 419 g/mol. The third-order valence-electron chi connectivity index (χ3n) is 7.18. The highest BCUT2D eigenvalue weighted by Crippen LogP contribution is 2.34. The SMILES string of the molecule is CCC(C)c1ccccc1N1CC(C(=O)N2CC[C@@H]3CNC[C@@H]3CC2)CC1=O.Cl. The summed E-state index contributed by atoms with van der Waals surface area (Å²) in [6.07, 6.45) is 3.56. The molecule has 5 nitrogen and oxygen atoms in total. The fourth-order valence-corrected chi connectivity index (χ4v) is 5.17. The van der Waals surface area contributed by atoms with Gasteiger partial charge in [-0.05, 0) is 61.7 Å². The van der Waals surface area contributed by atoms with E-state index in [1.54, 1.807) is 0 Å². The van der Waals surface area contributed by atoms with Crippen molar-refractivity contribution >= 4 is 29.9 Å². The van der Waals surface area contributed by atoms with E-state index in [9.17, 15) is 9.59 Å². The lowest BCUT2D eigenvalue weighted by Gasteiger charge is -2.25. The third kappa shape index (κ3) is 4.46. The van der Waals surface area contributed by atoms with Crippen LogP contribution in [0, 0.1) is 17.8 Å². The predicted molar refractivity (Wildman–Crippen MR) is 119 cm³/mol. The molecule has 0 saturated carbocycles. The van der Waals surface area contributed by atoms with Crippen LogP contribution in [-0.2, 0) is 9.59 Å². The van der Waals surface area contributed by atoms with Crippen LogP contribution in [0.25, 0.3) is 0 Å². The first-order chi connectivity index (χ1) is 13.6. The molecule has 4 rings (SSSR count). The van der Waals surface area contributed by atoms with E-state index in [0.29, 0.717) is 30.7 Å². The first kappa shape index (κ1) is 22.1. The Morgan fingerprint density at radius 2 is 1.83 bits per heavy atom. The Morgan fingerprint density at radius 3 is 2.48 bits per heavy atom. The van der Waals surface area contributed by atoms with Crippen LogP contribution in [0.5, 0.6) is 0 Å². The third-order valence-corrected chi connectivity index (χ3v) is 7.18. The number of nitrogens with zero attached hydrogens (tertiary/aromatic N) is 2. The van der Waals surface area contributed by atoms with E-state index in [-0.39, 0.29) is 30.1 Å². The van der Waals surface area contributed by atoms with Crippen LogP contribution in [-0.4, -0.2) is 49.4 Å². The summed E-state index contributed by atoms with van der Waals surface area (Å²) in [5.74, 6) is 1.89. The van der Waals surface area contributed by atoms with Gasteiger partial charge in [0.1, 0.15) is 0 Å². The van der Waals surface area contributed by atoms with Crippen LogP contribution in [0.1, 0.15) is 51.0 Å². The Bertz CT molecular complexity index is 727. The van der Waals surface area contributed by atoms with Crippen LogP contribution in [0.3, 0.4) is 0 Å². The zero-order chi connectivity index (χ0) is 19.7. The van der Waals surface area contributed by atoms with Crippen LogP contribution in [0.2, 0.25) is 0 Å². The highest BCUT2D eigenvalue weighted by molar-refractivity contribution is 6.00. The molecule has 4 atom stereocenters. The molecular weight excluding hydrogens is 386 g/mol. The van der Waals surface area contributed by atoms with E-state index in [0.717, 1.165) is 51.1 Å². The largest absolute Gasteiger partial charge is 0.342 e. The van der Waals surface area contributed by atoms with Crippen molar-refractivity contribution in [2.75, 3.05) is 37.6 Å². The number of likely N-dealkylation sites (tertiary alicyclic amines) is 1. The Balaban J connectivity index is 0.00000240. The Labute approximate surface area is 180 Å². The van der Waals surface area contributed by atoms with Crippen molar-refractivity contribution < 1.29 is 9.59 Å². The molecule has 160 valence electrons. The highest BCUT2D eigenvalue weighted by atomic mass is 35.5. The van der Waals surface area contributed by atoms with Gasteiger partial charge in [-0.2, -0.15) is 0 Å². The molecule has 3 heterocycles. The molecule has 0 radical (unpaired) electrons. The summed E-state index contributed by atoms with van der Waals surface area (Å²) in [7, 11) is 0. The van der Waals surface area contributed by atoms with Gasteiger partial charge in [0.05, 0.1) is 5.92 Å². The molecule has 1 N–H and O–H groups in total. The van der Waals surface area contributed by atoms with Crippen molar-refractivity contribution in [1.29, 1.82) is 0 Å². The zero-order valence-electron chi connectivity index (χ0n) is 17.6. The summed E-state index contributed by atoms with van der Waals surface area (Å²) in [6.45, 7) is 8.76. The Morgan fingerprint density at radius 1 is 1.17 bits per heavy atom. The minimum absolute atomic E-state index is 0. The lowest BCUT2D eigenvalue weighted by molar-refractivity contribution is -0.135. The van der Waals surface area contributed by atoms with E-state index in [1.165, 1.54) is 5.56 Å². The van der Waals surface area contributed by atoms with Crippen molar-refractivity contribution in [3.8, 4) is 0 Å². The standard InChI is InChI=1S/C23H33N3O2.ClH/c1-3-16(2)20-6-4-5-7-21(20)26-15-19(12-22(26)27)23(28)25-10-8-17-13-24-14-18(17)9-11-25;/h4-7,16-19,24H,3,8-15H2,1-2H3;1H/t16?,17-,18+,19?;. The topological polar surface area (TPSA) is 52.7 Å². The number of nitrogens with one attached hydrogen (secondary N) is 1. The number of fused-ring (bicyclic) bond motifs is 1. The van der Waals surface area contributed by atoms with Crippen molar-refractivity contribution in [2.45, 2.75) is 45.4 Å². The zero-order valence-corrected chi connectivity index (χ0v) is 18.4. The van der Waals surface area contributed by atoms with Crippen LogP contribution in [0.15, 0.2) is 24.3 Å². The van der Waals surface area contributed by atoms with Crippen LogP contribution >= 0.6 is 12.4 Å². The molecule has 29 heavy (non-hydrogen) atoms. The van der Waals surface area contributed by atoms with Gasteiger partial charge in [-0.15, -0.1) is 12.4 Å². The summed E-state index contributed by atoms with van der Waals surface area (Å²) < 4.78 is 0. The van der Waals surface area contributed by atoms with E-state index < -0.39 is 0 Å². The number of rotatable bonds is 4. The maximum atomic E-state index is 13.2. The molecule has 0 aliphatic carbocycles. The summed E-state index contributed by atoms with van der Waals surface area (Å²) in [5, 5.41) is 3.49. The molecule has 2 amide bonds. The van der Waals surface area contributed by atoms with Crippen molar-refractivity contribution in [3.63, 3.8) is 0 Å². The van der Waals surface area contributed by atoms with Gasteiger partial charge in [0.15, 0.2) is 0 Å². The van der Waals surface area contributed by atoms with E-state index in [2.05, 4.69) is 25.2 Å². The molecule has 2 unspecified atom stereocenters. The quantitative estimate of drug-likeness (QED) is 0.813.